The predicted molar refractivity (Wildman–Crippen MR) is 227 cm³/mol. The molecule has 0 N–H and O–H groups in total. The van der Waals surface area contributed by atoms with Crippen LogP contribution in [-0.2, 0) is 16.2 Å². The van der Waals surface area contributed by atoms with E-state index in [9.17, 15) is 0 Å². The summed E-state index contributed by atoms with van der Waals surface area (Å²) in [7, 11) is 1.68. The number of aliphatic imine (C=N–C) groups is 1. The Morgan fingerprint density at radius 1 is 0.755 bits per heavy atom. The molecule has 0 radical (unpaired) electrons. The van der Waals surface area contributed by atoms with Crippen LogP contribution in [0.2, 0.25) is 4.25 Å². The van der Waals surface area contributed by atoms with Crippen molar-refractivity contribution in [3.05, 3.63) is 88.0 Å². The van der Waals surface area contributed by atoms with E-state index in [0.29, 0.717) is 22.2 Å². The molecule has 1 fully saturated rings. The Bertz CT molecular complexity index is 1680. The van der Waals surface area contributed by atoms with Crippen molar-refractivity contribution in [2.45, 2.75) is 167 Å². The average molecular weight is 757 g/mol. The van der Waals surface area contributed by atoms with Crippen molar-refractivity contribution >= 4 is 50.3 Å². The molecule has 0 bridgehead atoms. The van der Waals surface area contributed by atoms with Gasteiger partial charge in [0.25, 0.3) is 0 Å². The van der Waals surface area contributed by atoms with E-state index in [1.807, 2.05) is 4.40 Å². The summed E-state index contributed by atoms with van der Waals surface area (Å²) >= 11 is -3.24. The monoisotopic (exact) mass is 757 g/mol. The fraction of sp³-hybridized carbons (Fsp3) is 0.578. The molecule has 2 heterocycles. The van der Waals surface area contributed by atoms with Gasteiger partial charge in [0.1, 0.15) is 0 Å². The molecule has 1 nitrogen and oxygen atoms in total. The molecular formula is C45H66GeNPS. The Morgan fingerprint density at radius 2 is 1.31 bits per heavy atom. The quantitative estimate of drug-likeness (QED) is 0.187. The Morgan fingerprint density at radius 3 is 1.76 bits per heavy atom. The summed E-state index contributed by atoms with van der Waals surface area (Å²) in [5.41, 5.74) is 10.7. The fourth-order valence-electron chi connectivity index (χ4n) is 8.39. The summed E-state index contributed by atoms with van der Waals surface area (Å²) in [6.45, 7) is 42.1. The Balaban J connectivity index is 2.00. The molecule has 0 aliphatic carbocycles. The van der Waals surface area contributed by atoms with Crippen molar-refractivity contribution in [2.75, 3.05) is 0 Å². The van der Waals surface area contributed by atoms with Crippen LogP contribution in [0.15, 0.2) is 59.6 Å². The first-order chi connectivity index (χ1) is 22.4. The third kappa shape index (κ3) is 6.95. The summed E-state index contributed by atoms with van der Waals surface area (Å²) in [6.07, 6.45) is 1.24. The number of hydrogen-bond acceptors (Lipinski definition) is 2. The number of para-hydroxylation sites is 1. The maximum absolute atomic E-state index is 5.77. The molecule has 49 heavy (non-hydrogen) atoms. The number of nitrogens with zero attached hydrogens (tertiary/aromatic N) is 1. The molecule has 3 aromatic rings. The average Bonchev–Trinajstić information content (AvgIpc) is 3.28. The van der Waals surface area contributed by atoms with Gasteiger partial charge in [-0.15, -0.1) is 0 Å². The second kappa shape index (κ2) is 13.3. The first-order valence-electron chi connectivity index (χ1n) is 18.9. The molecule has 3 aromatic carbocycles. The van der Waals surface area contributed by atoms with Crippen molar-refractivity contribution in [2.24, 2.45) is 4.99 Å². The van der Waals surface area contributed by atoms with Gasteiger partial charge in [0, 0.05) is 0 Å². The summed E-state index contributed by atoms with van der Waals surface area (Å²) in [5, 5.41) is 1.67. The Hall–Kier alpha value is -1.35. The number of rotatable bonds is 5. The van der Waals surface area contributed by atoms with E-state index in [4.69, 9.17) is 4.99 Å². The Kier molecular flexibility index (Phi) is 10.5. The molecule has 4 heteroatoms. The van der Waals surface area contributed by atoms with Crippen LogP contribution in [0.25, 0.3) is 0 Å². The van der Waals surface area contributed by atoms with Crippen LogP contribution in [0, 0.1) is 0 Å². The van der Waals surface area contributed by atoms with Gasteiger partial charge in [0.05, 0.1) is 0 Å². The number of hydrogen-bond donors (Lipinski definition) is 0. The number of benzene rings is 3. The van der Waals surface area contributed by atoms with Crippen LogP contribution in [0.5, 0.6) is 0 Å². The molecule has 2 aliphatic heterocycles. The van der Waals surface area contributed by atoms with Crippen LogP contribution in [-0.4, -0.2) is 21.4 Å². The molecule has 0 saturated carbocycles. The van der Waals surface area contributed by atoms with Gasteiger partial charge in [-0.25, -0.2) is 0 Å². The third-order valence-corrected chi connectivity index (χ3v) is 39.5. The minimum atomic E-state index is -3.24. The van der Waals surface area contributed by atoms with E-state index in [1.54, 1.807) is 27.6 Å². The van der Waals surface area contributed by atoms with Gasteiger partial charge in [-0.05, 0) is 0 Å². The van der Waals surface area contributed by atoms with E-state index in [-0.39, 0.29) is 20.5 Å². The summed E-state index contributed by atoms with van der Waals surface area (Å²) < 4.78 is 2.61. The van der Waals surface area contributed by atoms with Crippen molar-refractivity contribution in [1.29, 1.82) is 0 Å². The summed E-state index contributed by atoms with van der Waals surface area (Å²) in [4.78, 5) is 7.22. The van der Waals surface area contributed by atoms with Crippen LogP contribution < -0.4 is 9.70 Å². The van der Waals surface area contributed by atoms with Crippen LogP contribution in [0.4, 0.5) is 5.69 Å². The van der Waals surface area contributed by atoms with Gasteiger partial charge < -0.3 is 0 Å². The summed E-state index contributed by atoms with van der Waals surface area (Å²) in [5.74, 6) is 1.46. The predicted octanol–water partition coefficient (Wildman–Crippen LogP) is 13.4. The first kappa shape index (κ1) is 38.9. The van der Waals surface area contributed by atoms with E-state index in [0.717, 1.165) is 5.69 Å². The third-order valence-electron chi connectivity index (χ3n) is 11.3. The maximum atomic E-state index is 5.77. The first-order valence-corrected chi connectivity index (χ1v) is 27.0. The van der Waals surface area contributed by atoms with E-state index in [1.165, 1.54) is 22.3 Å². The summed E-state index contributed by atoms with van der Waals surface area (Å²) in [6, 6.07) is 21.4. The molecule has 0 amide bonds. The van der Waals surface area contributed by atoms with Gasteiger partial charge >= 0.3 is 310 Å². The van der Waals surface area contributed by atoms with Crippen LogP contribution in [0.1, 0.15) is 175 Å². The molecule has 5 rings (SSSR count). The molecule has 266 valence electrons. The van der Waals surface area contributed by atoms with Crippen LogP contribution >= 0.6 is 18.0 Å². The van der Waals surface area contributed by atoms with Gasteiger partial charge in [-0.2, -0.15) is 0 Å². The zero-order valence-electron chi connectivity index (χ0n) is 34.0. The minimum absolute atomic E-state index is 0.0270. The Labute approximate surface area is 308 Å². The molecular weight excluding hydrogens is 690 g/mol. The van der Waals surface area contributed by atoms with Crippen molar-refractivity contribution in [3.8, 4) is 0 Å². The second-order valence-corrected chi connectivity index (χ2v) is 37.3. The van der Waals surface area contributed by atoms with Crippen LogP contribution in [0.3, 0.4) is 0 Å². The van der Waals surface area contributed by atoms with Gasteiger partial charge in [0.2, 0.25) is 0 Å². The second-order valence-electron chi connectivity index (χ2n) is 19.7. The van der Waals surface area contributed by atoms with E-state index >= 15 is 0 Å². The zero-order chi connectivity index (χ0) is 36.6. The molecule has 2 aliphatic rings. The standard InChI is InChI=1S/C45H66GeNPS/c1-28(2)31-23-34(29(3)4)39(35(24-31)30(5)6)46(44(13,14)15)38-27-45(16,17)37-26-32(42(7,8)9)25-36(43(10,11)12)40(37)48(38)41(49-46)47-33-21-19-18-20-22-33/h18-26,28-30,38H,27H2,1-17H3. The van der Waals surface area contributed by atoms with Gasteiger partial charge in [-0.1, -0.05) is 0 Å². The topological polar surface area (TPSA) is 12.4 Å². The van der Waals surface area contributed by atoms with E-state index in [2.05, 4.69) is 182 Å². The van der Waals surface area contributed by atoms with Gasteiger partial charge in [0.15, 0.2) is 0 Å². The SMILES string of the molecule is CC(C)c1cc(C(C)C)[c]([Ge]2([C](C)(C)C)[S]C(=Nc3ccccc3)P3c4c(C(C)(C)C)cc(C(C)(C)C)cc4C(C)(C)C[CH]32)c(C(C)C)c1. The fourth-order valence-corrected chi connectivity index (χ4v) is 44.0. The van der Waals surface area contributed by atoms with Crippen molar-refractivity contribution in [3.63, 3.8) is 0 Å². The van der Waals surface area contributed by atoms with Crippen molar-refractivity contribution in [1.82, 2.24) is 0 Å². The molecule has 1 saturated heterocycles. The zero-order valence-corrected chi connectivity index (χ0v) is 37.8. The molecule has 0 aromatic heterocycles. The molecule has 3 unspecified atom stereocenters. The van der Waals surface area contributed by atoms with Crippen molar-refractivity contribution < 1.29 is 0 Å². The number of fused-ring (bicyclic) bond motifs is 3. The normalized spacial score (nSPS) is 23.5. The molecule has 0 spiro atoms. The van der Waals surface area contributed by atoms with E-state index < -0.39 is 20.0 Å². The molecule has 3 atom stereocenters. The van der Waals surface area contributed by atoms with Gasteiger partial charge in [-0.3, -0.25) is 0 Å².